The molecule has 13 aromatic rings. The fourth-order valence-corrected chi connectivity index (χ4v) is 16.6. The molecule has 149 heavy (non-hydrogen) atoms. The number of allylic oxidation sites excluding steroid dienone is 1. The molecule has 0 spiro atoms. The van der Waals surface area contributed by atoms with Gasteiger partial charge in [0.05, 0.1) is 70.0 Å². The number of carbonyl (C=O) groups is 7. The van der Waals surface area contributed by atoms with Crippen LogP contribution >= 0.6 is 86.4 Å². The van der Waals surface area contributed by atoms with Crippen molar-refractivity contribution in [3.63, 3.8) is 0 Å². The smallest absolute Gasteiger partial charge is 0.857 e. The summed E-state index contributed by atoms with van der Waals surface area (Å²) in [6.45, 7) is 19.5. The van der Waals surface area contributed by atoms with Gasteiger partial charge in [0, 0.05) is 178 Å². The number of aldehydes is 1. The minimum absolute atomic E-state index is 0. The van der Waals surface area contributed by atoms with Gasteiger partial charge in [-0.15, -0.1) is 22.7 Å². The summed E-state index contributed by atoms with van der Waals surface area (Å²) in [5.41, 5.74) is 31.0. The number of rotatable bonds is 16. The number of esters is 3. The Bertz CT molecular complexity index is 7110. The largest absolute Gasteiger partial charge is 1.00 e. The van der Waals surface area contributed by atoms with Crippen LogP contribution in [0.25, 0.3) is 86.6 Å². The van der Waals surface area contributed by atoms with E-state index in [1.165, 1.54) is 58.1 Å². The molecule has 56 heteroatoms. The summed E-state index contributed by atoms with van der Waals surface area (Å²) in [6.07, 6.45) is 14.5. The SMILES string of the molecule is CC(=O)OOC(C)=O.COC(=O)/C(=C\c1cncc(Br)c1C)N=[N+]=[N-].COC(=O)CN=[N+]=[N-].COC(=O)c1cc2c(C)c(Br)cnc2[nH]1.COc1cnc2[nH]c(C#N)cc2c1C.C[O-].Cc1c(Br)cnc2[nH]c(C#N)cc12.Cc1c(Br)cncc1C=O.Cc1c(CN2CCC(Nc3ncnc4sc(CC(F)(F)F)cc34)CC2)cnc2c1C=C(C#N)C2.FC(F)(F)Cc1cc2c(NC3CCNCC3)ncnc2s1.[B-]OC(C)=O.[Na+].[Na+]. The van der Waals surface area contributed by atoms with E-state index in [0.29, 0.717) is 78.4 Å². The number of nitriles is 3. The van der Waals surface area contributed by atoms with E-state index in [0.717, 1.165) is 204 Å². The summed E-state index contributed by atoms with van der Waals surface area (Å²) in [5, 5.41) is 55.3. The molecular formula is C93H94BBr4F6N26Na2O15S2. The number of azide groups is 2. The monoisotopic (exact) mass is 2370 g/mol. The van der Waals surface area contributed by atoms with Gasteiger partial charge in [0.25, 0.3) is 0 Å². The molecular weight excluding hydrogens is 2280 g/mol. The first kappa shape index (κ1) is 129. The molecule has 0 atom stereocenters. The van der Waals surface area contributed by atoms with Gasteiger partial charge < -0.3 is 67.7 Å². The molecule has 0 aromatic carbocycles. The van der Waals surface area contributed by atoms with E-state index in [9.17, 15) is 65.2 Å². The van der Waals surface area contributed by atoms with Crippen LogP contribution < -0.4 is 84.9 Å². The number of aryl methyl sites for hydroxylation is 3. The number of H-pyrrole nitrogens is 3. The van der Waals surface area contributed by atoms with Gasteiger partial charge in [-0.05, 0) is 237 Å². The standard InChI is InChI=1S/C24H23F3N6S.C13H15F3N4S.C10H9BrN4O2.C10H9BrN2O2.C10H9N3O.C9H6BrN3.C7H6BrNO.C4H6O4.C3H5N3O2.C2H3BO2.CH3O.2Na/c1-14-16(11-29-21-7-15(10-28)6-19(14)21)12-33-4-2-17(3-5-33)32-22-20-8-18(9-24(25,26)27)34-23(20)31-13-30-22;14-13(15,16)6-9-5-10-11(18-7-19-12(10)21-9)20-8-1-3-17-4-2-8;1-6-7(4-13-5-8(6)11)3-9(14-15-12)10(16)17-2;1-5-6-3-8(10(14)15-2)13-9(6)12-4-7(5)11;1-6-8-3-7(4-11)13-10(8)12-5-9(6)14-2;1-5-7-2-6(3-11)13-9(7)12-4-8(5)10;1-5-6(4-10)2-9-3-7(5)8;1-3(5)7-8-4(2)6;1-8-3(7)2-5-6-4;1-2(4)5-3;1-2;;/h6,8,11,13,17H,2-5,7,9,12H2,1H3,(H,30,31,32);5,7-8,17H,1-4,6H2,(H,18,19,20);3-5H,1-2H3;3-4H,1-2H3,(H,12,13);3,5H,1-2H3,(H,12,13);2,4H,1H3,(H,12,13);2-4H,1H3;1-2H3;2H2,1H3;1H3;1H3;;/q;;;;;;;;;2*-1;2*+1/b;;9-3+;;;;;;;;;;. The number of methoxy groups -OCH3 is 4. The normalized spacial score (nSPS) is 12.1. The number of anilines is 2. The number of thiophene rings is 2. The summed E-state index contributed by atoms with van der Waals surface area (Å²) in [4.78, 5) is 139. The van der Waals surface area contributed by atoms with Gasteiger partial charge in [-0.2, -0.15) is 49.2 Å². The van der Waals surface area contributed by atoms with Crippen molar-refractivity contribution in [2.24, 2.45) is 10.2 Å². The molecule has 13 aromatic heterocycles. The molecule has 0 saturated carbocycles. The van der Waals surface area contributed by atoms with E-state index in [-0.39, 0.29) is 93.1 Å². The first-order valence-corrected chi connectivity index (χ1v) is 47.8. The van der Waals surface area contributed by atoms with Crippen molar-refractivity contribution >= 4 is 214 Å². The summed E-state index contributed by atoms with van der Waals surface area (Å²) in [5.74, 6) is -1.37. The summed E-state index contributed by atoms with van der Waals surface area (Å²) < 4.78 is 101. The number of pyridine rings is 6. The first-order valence-electron chi connectivity index (χ1n) is 43.0. The minimum atomic E-state index is -4.24. The molecule has 0 bridgehead atoms. The molecule has 41 nitrogen and oxygen atoms in total. The Kier molecular flexibility index (Phi) is 56.0. The van der Waals surface area contributed by atoms with E-state index < -0.39 is 55.0 Å². The zero-order valence-corrected chi connectivity index (χ0v) is 95.0. The third kappa shape index (κ3) is 41.4. The number of alkyl halides is 6. The second-order valence-corrected chi connectivity index (χ2v) is 36.3. The number of carbonyl (C=O) groups excluding carboxylic acids is 7. The quantitative estimate of drug-likeness (QED) is 0.00447. The van der Waals surface area contributed by atoms with Crippen molar-refractivity contribution in [3.8, 4) is 24.0 Å². The van der Waals surface area contributed by atoms with Crippen LogP contribution in [0.3, 0.4) is 0 Å². The van der Waals surface area contributed by atoms with Crippen LogP contribution in [0.2, 0.25) is 0 Å². The van der Waals surface area contributed by atoms with Crippen LogP contribution in [0.15, 0.2) is 132 Å². The predicted molar refractivity (Wildman–Crippen MR) is 548 cm³/mol. The van der Waals surface area contributed by atoms with Crippen LogP contribution in [0.5, 0.6) is 5.75 Å². The molecule has 2 fully saturated rings. The average Bonchev–Trinajstić information content (AvgIpc) is 1.66. The number of halogens is 10. The number of hydrogen-bond acceptors (Lipinski definition) is 36. The molecule has 0 amide bonds. The number of fused-ring (bicyclic) bond motifs is 6. The van der Waals surface area contributed by atoms with E-state index in [1.54, 1.807) is 74.8 Å². The van der Waals surface area contributed by atoms with Crippen molar-refractivity contribution < 1.29 is 158 Å². The number of aromatic amines is 3. The van der Waals surface area contributed by atoms with Gasteiger partial charge >= 0.3 is 101 Å². The van der Waals surface area contributed by atoms with Gasteiger partial charge in [0.1, 0.15) is 98.1 Å². The Morgan fingerprint density at radius 2 is 1.05 bits per heavy atom. The maximum absolute atomic E-state index is 12.8. The maximum atomic E-state index is 12.8. The molecule has 0 unspecified atom stereocenters. The summed E-state index contributed by atoms with van der Waals surface area (Å²) in [6, 6.07) is 15.3. The molecule has 1 aliphatic carbocycles. The van der Waals surface area contributed by atoms with E-state index in [2.05, 4.69) is 225 Å². The molecule has 2 aliphatic heterocycles. The van der Waals surface area contributed by atoms with Gasteiger partial charge in [-0.3, -0.25) is 34.2 Å². The Morgan fingerprint density at radius 3 is 1.49 bits per heavy atom. The van der Waals surface area contributed by atoms with E-state index in [4.69, 9.17) is 31.4 Å². The molecule has 15 heterocycles. The zero-order chi connectivity index (χ0) is 109. The predicted octanol–water partition coefficient (Wildman–Crippen LogP) is 12.7. The van der Waals surface area contributed by atoms with E-state index >= 15 is 0 Å². The van der Waals surface area contributed by atoms with Crippen molar-refractivity contribution in [1.82, 2.24) is 75.0 Å². The summed E-state index contributed by atoms with van der Waals surface area (Å²) in [7, 11) is 10.5. The van der Waals surface area contributed by atoms with Crippen LogP contribution in [-0.2, 0) is 78.4 Å². The Labute approximate surface area is 935 Å². The number of piperidine rings is 2. The molecule has 3 aliphatic rings. The number of ether oxygens (including phenoxy) is 4. The molecule has 2 saturated heterocycles. The van der Waals surface area contributed by atoms with Gasteiger partial charge in [-0.25, -0.2) is 63.8 Å². The van der Waals surface area contributed by atoms with Crippen LogP contribution in [0, 0.1) is 75.5 Å². The minimum Gasteiger partial charge on any atom is -0.857 e. The van der Waals surface area contributed by atoms with Crippen molar-refractivity contribution in [2.45, 2.75) is 138 Å². The van der Waals surface area contributed by atoms with Gasteiger partial charge in [-0.1, -0.05) is 10.2 Å². The molecule has 773 valence electrons. The maximum Gasteiger partial charge on any atom is 1.00 e. The first-order chi connectivity index (χ1) is 70.0. The number of aromatic nitrogens is 13. The third-order valence-electron chi connectivity index (χ3n) is 20.7. The molecule has 16 rings (SSSR count). The number of hydrogen-bond donors (Lipinski definition) is 6. The molecule has 6 N–H and O–H groups in total. The second kappa shape index (κ2) is 64.8. The average molecular weight is 2370 g/mol. The zero-order valence-electron chi connectivity index (χ0n) is 83.0. The molecule has 3 radical (unpaired) electrons. The number of nitrogens with one attached hydrogen (secondary N) is 6. The Balaban J connectivity index is 0.000000358. The van der Waals surface area contributed by atoms with Crippen LogP contribution in [0.4, 0.5) is 38.0 Å². The fourth-order valence-electron chi connectivity index (χ4n) is 13.2. The Morgan fingerprint density at radius 1 is 0.584 bits per heavy atom. The number of likely N-dealkylation sites (tertiary alicyclic amines) is 1. The number of nitrogens with zero attached hydrogens (tertiary/aromatic N) is 20. The van der Waals surface area contributed by atoms with Crippen LogP contribution in [0.1, 0.15) is 144 Å². The van der Waals surface area contributed by atoms with Gasteiger partial charge in [0.2, 0.25) is 5.97 Å². The fraction of sp³-hybridized carbons (Fsp3) is 0.333. The van der Waals surface area contributed by atoms with Crippen LogP contribution in [-0.4, -0.2) is 213 Å². The van der Waals surface area contributed by atoms with Gasteiger partial charge in [0.15, 0.2) is 6.29 Å². The van der Waals surface area contributed by atoms with Crippen molar-refractivity contribution in [1.29, 1.82) is 15.8 Å². The van der Waals surface area contributed by atoms with Crippen molar-refractivity contribution in [3.05, 3.63) is 231 Å². The van der Waals surface area contributed by atoms with E-state index in [1.807, 2.05) is 59.0 Å². The Hall–Kier alpha value is -12.5. The third-order valence-corrected chi connectivity index (χ3v) is 26.0. The topological polar surface area (TPSA) is 592 Å². The second-order valence-electron chi connectivity index (χ2n) is 30.7. The van der Waals surface area contributed by atoms with Crippen molar-refractivity contribution in [2.75, 3.05) is 78.9 Å². The summed E-state index contributed by atoms with van der Waals surface area (Å²) >= 11 is 15.5.